The van der Waals surface area contributed by atoms with Gasteiger partial charge in [-0.1, -0.05) is 11.6 Å². The van der Waals surface area contributed by atoms with E-state index in [0.717, 1.165) is 6.07 Å². The van der Waals surface area contributed by atoms with Gasteiger partial charge in [0.05, 0.1) is 17.9 Å². The number of anilines is 1. The molecule has 0 aliphatic rings. The van der Waals surface area contributed by atoms with Crippen molar-refractivity contribution in [2.75, 3.05) is 25.6 Å². The van der Waals surface area contributed by atoms with Crippen LogP contribution in [0.2, 0.25) is 5.02 Å². The second-order valence-electron chi connectivity index (χ2n) is 4.26. The molecule has 2 amide bonds. The number of rotatable bonds is 6. The van der Waals surface area contributed by atoms with E-state index in [1.54, 1.807) is 0 Å². The summed E-state index contributed by atoms with van der Waals surface area (Å²) in [6, 6.07) is 2.95. The Labute approximate surface area is 129 Å². The number of amides is 2. The third-order valence-electron chi connectivity index (χ3n) is 2.51. The van der Waals surface area contributed by atoms with Crippen LogP contribution in [-0.2, 0) is 20.5 Å². The minimum absolute atomic E-state index is 0.109. The fourth-order valence-electron chi connectivity index (χ4n) is 1.56. The van der Waals surface area contributed by atoms with Crippen LogP contribution in [0.1, 0.15) is 12.0 Å². The molecule has 2 N–H and O–H groups in total. The van der Waals surface area contributed by atoms with Crippen molar-refractivity contribution in [1.82, 2.24) is 5.32 Å². The third kappa shape index (κ3) is 5.90. The summed E-state index contributed by atoms with van der Waals surface area (Å²) < 4.78 is 43.2. The van der Waals surface area contributed by atoms with E-state index in [-0.39, 0.29) is 18.2 Å². The Kier molecular flexibility index (Phi) is 6.63. The topological polar surface area (TPSA) is 67.4 Å². The van der Waals surface area contributed by atoms with E-state index in [9.17, 15) is 22.8 Å². The molecule has 0 fully saturated rings. The lowest BCUT2D eigenvalue weighted by atomic mass is 10.1. The molecule has 1 aromatic rings. The molecule has 0 heterocycles. The van der Waals surface area contributed by atoms with Crippen LogP contribution in [0, 0.1) is 0 Å². The van der Waals surface area contributed by atoms with Crippen LogP contribution in [0.25, 0.3) is 0 Å². The molecule has 22 heavy (non-hydrogen) atoms. The maximum Gasteiger partial charge on any atom is 0.418 e. The smallest absolute Gasteiger partial charge is 0.383 e. The number of hydrogen-bond donors (Lipinski definition) is 2. The van der Waals surface area contributed by atoms with E-state index in [2.05, 4.69) is 10.6 Å². The zero-order valence-corrected chi connectivity index (χ0v) is 12.3. The Morgan fingerprint density at radius 3 is 2.55 bits per heavy atom. The summed E-state index contributed by atoms with van der Waals surface area (Å²) in [5.41, 5.74) is -1.53. The summed E-state index contributed by atoms with van der Waals surface area (Å²) in [5, 5.41) is 4.33. The monoisotopic (exact) mass is 338 g/mol. The molecule has 0 radical (unpaired) electrons. The molecular formula is C13H14ClF3N2O3. The Morgan fingerprint density at radius 2 is 1.95 bits per heavy atom. The Morgan fingerprint density at radius 1 is 1.27 bits per heavy atom. The molecule has 0 spiro atoms. The van der Waals surface area contributed by atoms with Gasteiger partial charge in [0.15, 0.2) is 0 Å². The van der Waals surface area contributed by atoms with Crippen molar-refractivity contribution in [3.05, 3.63) is 28.8 Å². The fourth-order valence-corrected chi connectivity index (χ4v) is 1.73. The van der Waals surface area contributed by atoms with Crippen LogP contribution in [0.3, 0.4) is 0 Å². The van der Waals surface area contributed by atoms with Gasteiger partial charge >= 0.3 is 6.18 Å². The molecule has 5 nitrogen and oxygen atoms in total. The van der Waals surface area contributed by atoms with Gasteiger partial charge in [-0.25, -0.2) is 0 Å². The lowest BCUT2D eigenvalue weighted by molar-refractivity contribution is -0.137. The number of halogens is 4. The molecule has 0 unspecified atom stereocenters. The second-order valence-corrected chi connectivity index (χ2v) is 4.69. The zero-order chi connectivity index (χ0) is 16.8. The quantitative estimate of drug-likeness (QED) is 0.618. The molecule has 0 aliphatic heterocycles. The van der Waals surface area contributed by atoms with Gasteiger partial charge in [-0.15, -0.1) is 0 Å². The number of carbonyl (C=O) groups excluding carboxylic acids is 2. The highest BCUT2D eigenvalue weighted by Crippen LogP contribution is 2.36. The number of benzene rings is 1. The first-order valence-electron chi connectivity index (χ1n) is 6.16. The van der Waals surface area contributed by atoms with Crippen molar-refractivity contribution in [2.24, 2.45) is 0 Å². The highest BCUT2D eigenvalue weighted by atomic mass is 35.5. The van der Waals surface area contributed by atoms with Gasteiger partial charge in [0, 0.05) is 18.7 Å². The Balaban J connectivity index is 2.70. The van der Waals surface area contributed by atoms with Crippen molar-refractivity contribution in [3.8, 4) is 0 Å². The summed E-state index contributed by atoms with van der Waals surface area (Å²) in [4.78, 5) is 23.0. The van der Waals surface area contributed by atoms with Crippen LogP contribution >= 0.6 is 11.6 Å². The molecular weight excluding hydrogens is 325 g/mol. The van der Waals surface area contributed by atoms with Crippen molar-refractivity contribution in [1.29, 1.82) is 0 Å². The molecule has 122 valence electrons. The van der Waals surface area contributed by atoms with Gasteiger partial charge in [-0.05, 0) is 18.2 Å². The van der Waals surface area contributed by atoms with Crippen LogP contribution in [-0.4, -0.2) is 32.1 Å². The molecule has 0 saturated heterocycles. The summed E-state index contributed by atoms with van der Waals surface area (Å²) in [6.07, 6.45) is -5.27. The molecule has 0 aliphatic carbocycles. The summed E-state index contributed by atoms with van der Waals surface area (Å²) in [6.45, 7) is 0.472. The summed E-state index contributed by atoms with van der Waals surface area (Å²) in [5.74, 6) is -1.47. The Bertz CT molecular complexity index is 550. The first-order valence-corrected chi connectivity index (χ1v) is 6.54. The highest BCUT2D eigenvalue weighted by Gasteiger charge is 2.34. The largest absolute Gasteiger partial charge is 0.418 e. The van der Waals surface area contributed by atoms with E-state index >= 15 is 0 Å². The molecule has 0 saturated carbocycles. The van der Waals surface area contributed by atoms with Crippen molar-refractivity contribution >= 4 is 29.1 Å². The number of alkyl halides is 3. The number of ether oxygens (including phenoxy) is 1. The van der Waals surface area contributed by atoms with Gasteiger partial charge in [-0.3, -0.25) is 9.59 Å². The van der Waals surface area contributed by atoms with Gasteiger partial charge in [-0.2, -0.15) is 13.2 Å². The van der Waals surface area contributed by atoms with Crippen LogP contribution < -0.4 is 10.6 Å². The van der Waals surface area contributed by atoms with E-state index in [1.807, 2.05) is 0 Å². The molecule has 0 bridgehead atoms. The maximum atomic E-state index is 12.8. The maximum absolute atomic E-state index is 12.8. The molecule has 1 aromatic carbocycles. The fraction of sp³-hybridized carbons (Fsp3) is 0.385. The lowest BCUT2D eigenvalue weighted by Crippen LogP contribution is -2.30. The van der Waals surface area contributed by atoms with E-state index in [0.29, 0.717) is 6.07 Å². The lowest BCUT2D eigenvalue weighted by Gasteiger charge is -2.14. The van der Waals surface area contributed by atoms with Gasteiger partial charge < -0.3 is 15.4 Å². The first-order chi connectivity index (χ1) is 10.2. The highest BCUT2D eigenvalue weighted by molar-refractivity contribution is 6.30. The van der Waals surface area contributed by atoms with Crippen LogP contribution in [0.15, 0.2) is 18.2 Å². The average Bonchev–Trinajstić information content (AvgIpc) is 2.39. The van der Waals surface area contributed by atoms with Crippen molar-refractivity contribution in [3.63, 3.8) is 0 Å². The second kappa shape index (κ2) is 8.00. The summed E-state index contributed by atoms with van der Waals surface area (Å²) >= 11 is 5.53. The first kappa shape index (κ1) is 18.2. The minimum Gasteiger partial charge on any atom is -0.383 e. The van der Waals surface area contributed by atoms with Gasteiger partial charge in [0.1, 0.15) is 6.42 Å². The number of methoxy groups -OCH3 is 1. The molecule has 9 heteroatoms. The van der Waals surface area contributed by atoms with Crippen molar-refractivity contribution in [2.45, 2.75) is 12.6 Å². The van der Waals surface area contributed by atoms with Gasteiger partial charge in [0.25, 0.3) is 0 Å². The molecule has 0 aromatic heterocycles. The van der Waals surface area contributed by atoms with E-state index < -0.39 is 35.7 Å². The van der Waals surface area contributed by atoms with Gasteiger partial charge in [0.2, 0.25) is 11.8 Å². The predicted octanol–water partition coefficient (Wildman–Crippen LogP) is 2.45. The van der Waals surface area contributed by atoms with Crippen LogP contribution in [0.4, 0.5) is 18.9 Å². The van der Waals surface area contributed by atoms with Crippen molar-refractivity contribution < 1.29 is 27.5 Å². The van der Waals surface area contributed by atoms with Crippen LogP contribution in [0.5, 0.6) is 0 Å². The average molecular weight is 339 g/mol. The molecule has 0 atom stereocenters. The SMILES string of the molecule is COCCNC(=O)CC(=O)Nc1ccc(Cl)cc1C(F)(F)F. The number of hydrogen-bond acceptors (Lipinski definition) is 3. The number of carbonyl (C=O) groups is 2. The normalized spacial score (nSPS) is 11.1. The van der Waals surface area contributed by atoms with E-state index in [1.165, 1.54) is 13.2 Å². The van der Waals surface area contributed by atoms with E-state index in [4.69, 9.17) is 16.3 Å². The standard InChI is InChI=1S/C13H14ClF3N2O3/c1-22-5-4-18-11(20)7-12(21)19-10-3-2-8(14)6-9(10)13(15,16)17/h2-3,6H,4-5,7H2,1H3,(H,18,20)(H,19,21). The zero-order valence-electron chi connectivity index (χ0n) is 11.6. The summed E-state index contributed by atoms with van der Waals surface area (Å²) in [7, 11) is 1.44. The number of nitrogens with one attached hydrogen (secondary N) is 2. The third-order valence-corrected chi connectivity index (χ3v) is 2.75. The predicted molar refractivity (Wildman–Crippen MR) is 74.6 cm³/mol. The minimum atomic E-state index is -4.67. The Hall–Kier alpha value is -1.80. The molecule has 1 rings (SSSR count).